The van der Waals surface area contributed by atoms with Gasteiger partial charge < -0.3 is 9.64 Å². The van der Waals surface area contributed by atoms with E-state index in [1.54, 1.807) is 4.90 Å². The summed E-state index contributed by atoms with van der Waals surface area (Å²) < 4.78 is 6.51. The van der Waals surface area contributed by atoms with E-state index in [2.05, 4.69) is 22.5 Å². The predicted octanol–water partition coefficient (Wildman–Crippen LogP) is 5.55. The molecule has 0 aliphatic heterocycles. The maximum Gasteiger partial charge on any atom is 0.410 e. The van der Waals surface area contributed by atoms with E-state index >= 15 is 0 Å². The van der Waals surface area contributed by atoms with E-state index in [0.29, 0.717) is 6.54 Å². The number of hydrogen-bond donors (Lipinski definition) is 0. The molecule has 2 rings (SSSR count). The molecule has 0 saturated heterocycles. The van der Waals surface area contributed by atoms with Crippen LogP contribution in [0.25, 0.3) is 0 Å². The van der Waals surface area contributed by atoms with Crippen molar-refractivity contribution >= 4 is 22.0 Å². The second kappa shape index (κ2) is 9.28. The minimum atomic E-state index is -0.309. The summed E-state index contributed by atoms with van der Waals surface area (Å²) in [7, 11) is 0. The van der Waals surface area contributed by atoms with Gasteiger partial charge in [-0.3, -0.25) is 0 Å². The number of amides is 1. The van der Waals surface area contributed by atoms with Gasteiger partial charge in [-0.05, 0) is 36.6 Å². The van der Waals surface area contributed by atoms with Gasteiger partial charge in [-0.2, -0.15) is 0 Å². The van der Waals surface area contributed by atoms with Crippen LogP contribution in [0, 0.1) is 0 Å². The molecule has 0 fully saturated rings. The number of ether oxygens (including phenoxy) is 1. The van der Waals surface area contributed by atoms with Gasteiger partial charge in [-0.25, -0.2) is 4.79 Å². The van der Waals surface area contributed by atoms with Crippen LogP contribution in [0.4, 0.5) is 4.79 Å². The van der Waals surface area contributed by atoms with Crippen LogP contribution in [0.5, 0.6) is 0 Å². The Morgan fingerprint density at radius 2 is 1.83 bits per heavy atom. The SMILES string of the molecule is C=CC[C@H](C)N(Cc1ccc(Br)cc1)C(=O)OCc1ccccc1. The summed E-state index contributed by atoms with van der Waals surface area (Å²) in [5, 5.41) is 0. The minimum absolute atomic E-state index is 0.0226. The highest BCUT2D eigenvalue weighted by molar-refractivity contribution is 9.10. The number of carbonyl (C=O) groups is 1. The molecule has 0 bridgehead atoms. The van der Waals surface area contributed by atoms with Crippen molar-refractivity contribution in [3.8, 4) is 0 Å². The minimum Gasteiger partial charge on any atom is -0.445 e. The molecule has 0 spiro atoms. The van der Waals surface area contributed by atoms with Crippen molar-refractivity contribution in [1.82, 2.24) is 4.90 Å². The summed E-state index contributed by atoms with van der Waals surface area (Å²) in [4.78, 5) is 14.3. The number of carbonyl (C=O) groups excluding carboxylic acids is 1. The third kappa shape index (κ3) is 5.53. The fraction of sp³-hybridized carbons (Fsp3) is 0.250. The second-order valence-electron chi connectivity index (χ2n) is 5.67. The first kappa shape index (κ1) is 18.3. The van der Waals surface area contributed by atoms with Crippen molar-refractivity contribution in [2.45, 2.75) is 32.5 Å². The van der Waals surface area contributed by atoms with Crippen LogP contribution >= 0.6 is 15.9 Å². The highest BCUT2D eigenvalue weighted by Gasteiger charge is 2.21. The van der Waals surface area contributed by atoms with E-state index in [4.69, 9.17) is 4.74 Å². The van der Waals surface area contributed by atoms with E-state index in [-0.39, 0.29) is 18.7 Å². The third-order valence-corrected chi connectivity index (χ3v) is 4.27. The zero-order valence-electron chi connectivity index (χ0n) is 13.8. The average molecular weight is 388 g/mol. The van der Waals surface area contributed by atoms with E-state index in [9.17, 15) is 4.79 Å². The molecule has 4 heteroatoms. The van der Waals surface area contributed by atoms with Crippen molar-refractivity contribution < 1.29 is 9.53 Å². The topological polar surface area (TPSA) is 29.5 Å². The summed E-state index contributed by atoms with van der Waals surface area (Å²) in [5.74, 6) is 0. The highest BCUT2D eigenvalue weighted by Crippen LogP contribution is 2.16. The van der Waals surface area contributed by atoms with Crippen molar-refractivity contribution in [2.24, 2.45) is 0 Å². The number of halogens is 1. The van der Waals surface area contributed by atoms with Crippen LogP contribution in [0.3, 0.4) is 0 Å². The molecule has 1 amide bonds. The van der Waals surface area contributed by atoms with Crippen LogP contribution in [-0.4, -0.2) is 17.0 Å². The molecule has 0 unspecified atom stereocenters. The Labute approximate surface area is 152 Å². The first-order valence-corrected chi connectivity index (χ1v) is 8.72. The zero-order chi connectivity index (χ0) is 17.4. The first-order valence-electron chi connectivity index (χ1n) is 7.93. The van der Waals surface area contributed by atoms with Gasteiger partial charge in [0.05, 0.1) is 0 Å². The summed E-state index contributed by atoms with van der Waals surface area (Å²) in [5.41, 5.74) is 2.04. The Morgan fingerprint density at radius 3 is 2.46 bits per heavy atom. The Morgan fingerprint density at radius 1 is 1.17 bits per heavy atom. The molecule has 24 heavy (non-hydrogen) atoms. The average Bonchev–Trinajstić information content (AvgIpc) is 2.60. The van der Waals surface area contributed by atoms with Crippen molar-refractivity contribution in [3.63, 3.8) is 0 Å². The van der Waals surface area contributed by atoms with E-state index in [0.717, 1.165) is 22.0 Å². The molecule has 126 valence electrons. The number of rotatable bonds is 7. The summed E-state index contributed by atoms with van der Waals surface area (Å²) in [6.07, 6.45) is 2.23. The Kier molecular flexibility index (Phi) is 7.07. The Balaban J connectivity index is 2.05. The summed E-state index contributed by atoms with van der Waals surface area (Å²) in [6.45, 7) is 6.56. The van der Waals surface area contributed by atoms with E-state index < -0.39 is 0 Å². The van der Waals surface area contributed by atoms with Gasteiger partial charge in [-0.15, -0.1) is 6.58 Å². The van der Waals surface area contributed by atoms with Gasteiger partial charge in [0.1, 0.15) is 6.61 Å². The molecule has 0 aromatic heterocycles. The lowest BCUT2D eigenvalue weighted by atomic mass is 10.1. The van der Waals surface area contributed by atoms with E-state index in [1.165, 1.54) is 0 Å². The van der Waals surface area contributed by atoms with Gasteiger partial charge in [0.2, 0.25) is 0 Å². The van der Waals surface area contributed by atoms with Crippen LogP contribution in [0.2, 0.25) is 0 Å². The monoisotopic (exact) mass is 387 g/mol. The van der Waals surface area contributed by atoms with Crippen LogP contribution in [0.1, 0.15) is 24.5 Å². The molecule has 2 aromatic rings. The third-order valence-electron chi connectivity index (χ3n) is 3.75. The molecule has 0 heterocycles. The van der Waals surface area contributed by atoms with Crippen molar-refractivity contribution in [1.29, 1.82) is 0 Å². The molecule has 0 radical (unpaired) electrons. The van der Waals surface area contributed by atoms with Crippen molar-refractivity contribution in [2.75, 3.05) is 0 Å². The standard InChI is InChI=1S/C20H22BrNO2/c1-3-7-16(2)22(14-17-10-12-19(21)13-11-17)20(23)24-15-18-8-5-4-6-9-18/h3-6,8-13,16H,1,7,14-15H2,2H3/t16-/m0/s1. The smallest absolute Gasteiger partial charge is 0.410 e. The summed E-state index contributed by atoms with van der Waals surface area (Å²) in [6, 6.07) is 17.7. The molecule has 3 nitrogen and oxygen atoms in total. The van der Waals surface area contributed by atoms with Gasteiger partial charge in [0.25, 0.3) is 0 Å². The van der Waals surface area contributed by atoms with E-state index in [1.807, 2.05) is 67.6 Å². The maximum atomic E-state index is 12.6. The summed E-state index contributed by atoms with van der Waals surface area (Å²) >= 11 is 3.43. The number of benzene rings is 2. The van der Waals surface area contributed by atoms with Crippen LogP contribution in [-0.2, 0) is 17.9 Å². The molecule has 1 atom stereocenters. The fourth-order valence-corrected chi connectivity index (χ4v) is 2.62. The molecule has 0 aliphatic rings. The van der Waals surface area contributed by atoms with Crippen LogP contribution < -0.4 is 0 Å². The van der Waals surface area contributed by atoms with Crippen LogP contribution in [0.15, 0.2) is 71.7 Å². The van der Waals surface area contributed by atoms with Crippen molar-refractivity contribution in [3.05, 3.63) is 82.9 Å². The van der Waals surface area contributed by atoms with Gasteiger partial charge >= 0.3 is 6.09 Å². The lowest BCUT2D eigenvalue weighted by Gasteiger charge is -2.28. The highest BCUT2D eigenvalue weighted by atomic mass is 79.9. The number of nitrogens with zero attached hydrogens (tertiary/aromatic N) is 1. The lowest BCUT2D eigenvalue weighted by molar-refractivity contribution is 0.0804. The second-order valence-corrected chi connectivity index (χ2v) is 6.58. The fourth-order valence-electron chi connectivity index (χ4n) is 2.36. The predicted molar refractivity (Wildman–Crippen MR) is 101 cm³/mol. The van der Waals surface area contributed by atoms with Gasteiger partial charge in [0.15, 0.2) is 0 Å². The van der Waals surface area contributed by atoms with Gasteiger partial charge in [-0.1, -0.05) is 64.5 Å². The first-order chi connectivity index (χ1) is 11.6. The lowest BCUT2D eigenvalue weighted by Crippen LogP contribution is -2.38. The molecule has 2 aromatic carbocycles. The molecule has 0 aliphatic carbocycles. The Hall–Kier alpha value is -2.07. The quantitative estimate of drug-likeness (QED) is 0.582. The largest absolute Gasteiger partial charge is 0.445 e. The Bertz CT molecular complexity index is 655. The zero-order valence-corrected chi connectivity index (χ0v) is 15.4. The molecular formula is C20H22BrNO2. The molecule has 0 N–H and O–H groups in total. The normalized spacial score (nSPS) is 11.6. The number of hydrogen-bond acceptors (Lipinski definition) is 2. The molecule has 0 saturated carbocycles. The van der Waals surface area contributed by atoms with Gasteiger partial charge in [0, 0.05) is 17.1 Å². The maximum absolute atomic E-state index is 12.6. The molecular weight excluding hydrogens is 366 g/mol.